The number of phenolic OH excluding ortho intramolecular Hbond substituents is 2. The van der Waals surface area contributed by atoms with Crippen molar-refractivity contribution in [2.45, 2.75) is 31.5 Å². The lowest BCUT2D eigenvalue weighted by Gasteiger charge is -2.14. The smallest absolute Gasteiger partial charge is 0.161 e. The van der Waals surface area contributed by atoms with Gasteiger partial charge in [0.25, 0.3) is 0 Å². The van der Waals surface area contributed by atoms with Crippen molar-refractivity contribution in [1.82, 2.24) is 0 Å². The van der Waals surface area contributed by atoms with E-state index in [0.717, 1.165) is 11.1 Å². The van der Waals surface area contributed by atoms with Crippen LogP contribution in [0.15, 0.2) is 42.5 Å². The van der Waals surface area contributed by atoms with E-state index in [1.54, 1.807) is 42.5 Å². The number of aromatic hydroxyl groups is 2. The van der Waals surface area contributed by atoms with E-state index in [-0.39, 0.29) is 17.9 Å². The number of benzene rings is 2. The minimum atomic E-state index is -0.797. The Bertz CT molecular complexity index is 771. The van der Waals surface area contributed by atoms with E-state index < -0.39 is 12.2 Å². The molecule has 0 radical (unpaired) electrons. The molecule has 0 bridgehead atoms. The molecule has 0 aliphatic rings. The first-order valence-corrected chi connectivity index (χ1v) is 8.70. The topological polar surface area (TPSA) is 99.4 Å². The summed E-state index contributed by atoms with van der Waals surface area (Å²) in [7, 11) is 2.96. The average molecular weight is 374 g/mol. The maximum absolute atomic E-state index is 10.2. The number of hydrogen-bond donors (Lipinski definition) is 4. The third-order valence-corrected chi connectivity index (χ3v) is 4.24. The lowest BCUT2D eigenvalue weighted by Crippen LogP contribution is -2.16. The van der Waals surface area contributed by atoms with Gasteiger partial charge in [0.15, 0.2) is 23.0 Å². The van der Waals surface area contributed by atoms with E-state index in [1.807, 2.05) is 0 Å². The minimum absolute atomic E-state index is 0.0523. The summed E-state index contributed by atoms with van der Waals surface area (Å²) in [6.45, 7) is 0. The van der Waals surface area contributed by atoms with Crippen LogP contribution in [0, 0.1) is 0 Å². The predicted molar refractivity (Wildman–Crippen MR) is 103 cm³/mol. The van der Waals surface area contributed by atoms with E-state index in [1.165, 1.54) is 20.3 Å². The van der Waals surface area contributed by atoms with Crippen LogP contribution >= 0.6 is 0 Å². The molecule has 0 spiro atoms. The SMILES string of the molecule is COc1cc(/C=C/[C@H](O)C[C@@H](O)CCc2ccc(O)c(OC)c2)ccc1O. The number of aryl methyl sites for hydroxylation is 1. The summed E-state index contributed by atoms with van der Waals surface area (Å²) in [5.41, 5.74) is 1.71. The number of aliphatic hydroxyl groups is 2. The molecular formula is C21H26O6. The summed E-state index contributed by atoms with van der Waals surface area (Å²) in [6, 6.07) is 9.95. The number of hydrogen-bond acceptors (Lipinski definition) is 6. The Morgan fingerprint density at radius 2 is 1.56 bits per heavy atom. The number of phenols is 2. The van der Waals surface area contributed by atoms with Gasteiger partial charge in [0, 0.05) is 6.42 Å². The molecule has 0 unspecified atom stereocenters. The van der Waals surface area contributed by atoms with Crippen molar-refractivity contribution < 1.29 is 29.9 Å². The second-order valence-electron chi connectivity index (χ2n) is 6.29. The standard InChI is InChI=1S/C21H26O6/c1-26-20-11-14(5-9-18(20)24)3-7-16(22)13-17(23)8-4-15-6-10-19(25)21(12-15)27-2/h3,5-7,9-12,16-17,22-25H,4,8,13H2,1-2H3/b7-3+/t16-,17-/m0/s1. The molecule has 146 valence electrons. The highest BCUT2D eigenvalue weighted by atomic mass is 16.5. The Morgan fingerprint density at radius 3 is 2.22 bits per heavy atom. The van der Waals surface area contributed by atoms with Crippen molar-refractivity contribution >= 4 is 6.08 Å². The lowest BCUT2D eigenvalue weighted by atomic mass is 10.0. The highest BCUT2D eigenvalue weighted by Gasteiger charge is 2.11. The van der Waals surface area contributed by atoms with Crippen molar-refractivity contribution in [2.75, 3.05) is 14.2 Å². The van der Waals surface area contributed by atoms with Gasteiger partial charge < -0.3 is 29.9 Å². The molecule has 2 atom stereocenters. The van der Waals surface area contributed by atoms with Crippen LogP contribution in [0.4, 0.5) is 0 Å². The summed E-state index contributed by atoms with van der Waals surface area (Å²) in [5, 5.41) is 39.4. The van der Waals surface area contributed by atoms with Crippen LogP contribution in [0.3, 0.4) is 0 Å². The molecule has 2 aromatic carbocycles. The molecule has 0 aliphatic heterocycles. The maximum Gasteiger partial charge on any atom is 0.161 e. The fraction of sp³-hybridized carbons (Fsp3) is 0.333. The highest BCUT2D eigenvalue weighted by Crippen LogP contribution is 2.28. The first-order valence-electron chi connectivity index (χ1n) is 8.70. The molecule has 0 amide bonds. The molecule has 0 heterocycles. The van der Waals surface area contributed by atoms with Crippen LogP contribution in [-0.2, 0) is 6.42 Å². The summed E-state index contributed by atoms with van der Waals surface area (Å²) in [6.07, 6.45) is 3.13. The zero-order valence-electron chi connectivity index (χ0n) is 15.5. The Hall–Kier alpha value is -2.70. The van der Waals surface area contributed by atoms with Gasteiger partial charge in [-0.3, -0.25) is 0 Å². The Morgan fingerprint density at radius 1 is 0.926 bits per heavy atom. The van der Waals surface area contributed by atoms with E-state index in [9.17, 15) is 20.4 Å². The largest absolute Gasteiger partial charge is 0.504 e. The second kappa shape index (κ2) is 9.85. The molecule has 4 N–H and O–H groups in total. The van der Waals surface area contributed by atoms with Gasteiger partial charge in [-0.2, -0.15) is 0 Å². The van der Waals surface area contributed by atoms with Crippen molar-refractivity contribution in [3.05, 3.63) is 53.6 Å². The molecule has 6 nitrogen and oxygen atoms in total. The molecular weight excluding hydrogens is 348 g/mol. The van der Waals surface area contributed by atoms with E-state index in [2.05, 4.69) is 0 Å². The molecule has 6 heteroatoms. The van der Waals surface area contributed by atoms with Crippen LogP contribution in [0.1, 0.15) is 24.0 Å². The van der Waals surface area contributed by atoms with Crippen LogP contribution < -0.4 is 9.47 Å². The fourth-order valence-electron chi connectivity index (χ4n) is 2.71. The molecule has 0 aliphatic carbocycles. The summed E-state index contributed by atoms with van der Waals surface area (Å²) in [5.74, 6) is 0.884. The maximum atomic E-state index is 10.2. The van der Waals surface area contributed by atoms with Gasteiger partial charge in [-0.05, 0) is 48.2 Å². The summed E-state index contributed by atoms with van der Waals surface area (Å²) >= 11 is 0. The van der Waals surface area contributed by atoms with Crippen LogP contribution in [0.25, 0.3) is 6.08 Å². The molecule has 2 rings (SSSR count). The first kappa shape index (κ1) is 20.6. The number of rotatable bonds is 9. The monoisotopic (exact) mass is 374 g/mol. The van der Waals surface area contributed by atoms with E-state index >= 15 is 0 Å². The minimum Gasteiger partial charge on any atom is -0.504 e. The van der Waals surface area contributed by atoms with Gasteiger partial charge >= 0.3 is 0 Å². The first-order chi connectivity index (χ1) is 12.9. The zero-order chi connectivity index (χ0) is 19.8. The highest BCUT2D eigenvalue weighted by molar-refractivity contribution is 5.55. The van der Waals surface area contributed by atoms with Crippen molar-refractivity contribution in [3.63, 3.8) is 0 Å². The molecule has 0 aromatic heterocycles. The van der Waals surface area contributed by atoms with Gasteiger partial charge in [0.05, 0.1) is 26.4 Å². The molecule has 27 heavy (non-hydrogen) atoms. The van der Waals surface area contributed by atoms with Crippen molar-refractivity contribution in [3.8, 4) is 23.0 Å². The van der Waals surface area contributed by atoms with E-state index in [4.69, 9.17) is 9.47 Å². The van der Waals surface area contributed by atoms with E-state index in [0.29, 0.717) is 24.3 Å². The lowest BCUT2D eigenvalue weighted by molar-refractivity contribution is 0.0983. The number of aliphatic hydroxyl groups excluding tert-OH is 2. The van der Waals surface area contributed by atoms with Crippen molar-refractivity contribution in [2.24, 2.45) is 0 Å². The Kier molecular flexibility index (Phi) is 7.52. The van der Waals surface area contributed by atoms with Gasteiger partial charge in [0.1, 0.15) is 0 Å². The van der Waals surface area contributed by atoms with Crippen LogP contribution in [0.2, 0.25) is 0 Å². The van der Waals surface area contributed by atoms with Crippen LogP contribution in [-0.4, -0.2) is 46.9 Å². The van der Waals surface area contributed by atoms with Gasteiger partial charge in [0.2, 0.25) is 0 Å². The second-order valence-corrected chi connectivity index (χ2v) is 6.29. The predicted octanol–water partition coefficient (Wildman–Crippen LogP) is 2.87. The third kappa shape index (κ3) is 6.20. The number of ether oxygens (including phenoxy) is 2. The third-order valence-electron chi connectivity index (χ3n) is 4.24. The average Bonchev–Trinajstić information content (AvgIpc) is 2.66. The molecule has 0 saturated heterocycles. The van der Waals surface area contributed by atoms with Gasteiger partial charge in [-0.1, -0.05) is 24.3 Å². The molecule has 0 fully saturated rings. The Balaban J connectivity index is 1.85. The molecule has 0 saturated carbocycles. The molecule has 2 aromatic rings. The van der Waals surface area contributed by atoms with Gasteiger partial charge in [-0.15, -0.1) is 0 Å². The number of methoxy groups -OCH3 is 2. The van der Waals surface area contributed by atoms with Crippen LogP contribution in [0.5, 0.6) is 23.0 Å². The zero-order valence-corrected chi connectivity index (χ0v) is 15.5. The Labute approximate surface area is 158 Å². The quantitative estimate of drug-likeness (QED) is 0.539. The fourth-order valence-corrected chi connectivity index (χ4v) is 2.71. The summed E-state index contributed by atoms with van der Waals surface area (Å²) < 4.78 is 10.1. The van der Waals surface area contributed by atoms with Crippen molar-refractivity contribution in [1.29, 1.82) is 0 Å². The summed E-state index contributed by atoms with van der Waals surface area (Å²) in [4.78, 5) is 0. The van der Waals surface area contributed by atoms with Gasteiger partial charge in [-0.25, -0.2) is 0 Å². The normalized spacial score (nSPS) is 13.5.